The third kappa shape index (κ3) is 6.20. The molecule has 1 fully saturated rings. The average molecular weight is 460 g/mol. The van der Waals surface area contributed by atoms with Crippen LogP contribution in [0.25, 0.3) is 0 Å². The van der Waals surface area contributed by atoms with Gasteiger partial charge in [-0.1, -0.05) is 38.8 Å². The lowest BCUT2D eigenvalue weighted by atomic mass is 10.1. The third-order valence-corrected chi connectivity index (χ3v) is 6.77. The van der Waals surface area contributed by atoms with Gasteiger partial charge in [-0.25, -0.2) is 13.4 Å². The van der Waals surface area contributed by atoms with Crippen LogP contribution in [0.5, 0.6) is 0 Å². The lowest BCUT2D eigenvalue weighted by molar-refractivity contribution is 0.0953. The maximum absolute atomic E-state index is 12.9. The molecule has 0 radical (unpaired) electrons. The van der Waals surface area contributed by atoms with Gasteiger partial charge in [0.15, 0.2) is 0 Å². The number of amides is 1. The van der Waals surface area contributed by atoms with Gasteiger partial charge in [-0.15, -0.1) is 0 Å². The Bertz CT molecular complexity index is 1000. The molecular formula is C23H33N5O3S. The van der Waals surface area contributed by atoms with Gasteiger partial charge in [0.2, 0.25) is 0 Å². The van der Waals surface area contributed by atoms with Gasteiger partial charge in [-0.2, -0.15) is 0 Å². The van der Waals surface area contributed by atoms with Gasteiger partial charge < -0.3 is 15.5 Å². The Balaban J connectivity index is 1.85. The Hall–Kier alpha value is -2.65. The molecule has 0 spiro atoms. The standard InChI is InChI=1S/C23H33N5O3S/c1-3-5-11-25-23(29)21-16-19(17-26-22(21)28-14-12-24-13-15-28)27-32(30,31)20-9-7-18(6-4-2)8-10-20/h7-10,16-17,24,27H,3-6,11-15H2,1-2H3,(H,25,29). The topological polar surface area (TPSA) is 103 Å². The van der Waals surface area contributed by atoms with Crippen LogP contribution in [0, 0.1) is 0 Å². The molecule has 1 aliphatic rings. The molecule has 3 N–H and O–H groups in total. The fourth-order valence-corrected chi connectivity index (χ4v) is 4.66. The Kier molecular flexibility index (Phi) is 8.46. The molecule has 174 valence electrons. The normalized spacial score (nSPS) is 14.2. The van der Waals surface area contributed by atoms with Crippen LogP contribution in [0.4, 0.5) is 11.5 Å². The minimum absolute atomic E-state index is 0.178. The Labute approximate surface area is 190 Å². The number of rotatable bonds is 10. The first-order valence-corrected chi connectivity index (χ1v) is 12.8. The van der Waals surface area contributed by atoms with Crippen LogP contribution in [0.15, 0.2) is 41.4 Å². The largest absolute Gasteiger partial charge is 0.353 e. The Morgan fingerprint density at radius 3 is 2.50 bits per heavy atom. The van der Waals surface area contributed by atoms with E-state index in [1.54, 1.807) is 18.2 Å². The fourth-order valence-electron chi connectivity index (χ4n) is 3.62. The van der Waals surface area contributed by atoms with Crippen LogP contribution in [-0.2, 0) is 16.4 Å². The second-order valence-electron chi connectivity index (χ2n) is 7.94. The Morgan fingerprint density at radius 1 is 1.12 bits per heavy atom. The van der Waals surface area contributed by atoms with Crippen LogP contribution in [0.2, 0.25) is 0 Å². The highest BCUT2D eigenvalue weighted by atomic mass is 32.2. The number of hydrogen-bond donors (Lipinski definition) is 3. The van der Waals surface area contributed by atoms with Gasteiger partial charge in [-0.05, 0) is 36.6 Å². The zero-order chi connectivity index (χ0) is 23.0. The van der Waals surface area contributed by atoms with E-state index in [0.717, 1.165) is 57.4 Å². The van der Waals surface area contributed by atoms with Crippen molar-refractivity contribution in [3.8, 4) is 0 Å². The predicted molar refractivity (Wildman–Crippen MR) is 128 cm³/mol. The lowest BCUT2D eigenvalue weighted by Gasteiger charge is -2.30. The van der Waals surface area contributed by atoms with E-state index >= 15 is 0 Å². The number of sulfonamides is 1. The minimum Gasteiger partial charge on any atom is -0.353 e. The third-order valence-electron chi connectivity index (χ3n) is 5.37. The molecule has 0 unspecified atom stereocenters. The molecule has 9 heteroatoms. The molecular weight excluding hydrogens is 426 g/mol. The molecule has 3 rings (SSSR count). The number of nitrogens with zero attached hydrogens (tertiary/aromatic N) is 2. The summed E-state index contributed by atoms with van der Waals surface area (Å²) >= 11 is 0. The number of anilines is 2. The molecule has 8 nitrogen and oxygen atoms in total. The Morgan fingerprint density at radius 2 is 1.84 bits per heavy atom. The zero-order valence-corrected chi connectivity index (χ0v) is 19.7. The molecule has 2 aromatic rings. The SMILES string of the molecule is CCCCNC(=O)c1cc(NS(=O)(=O)c2ccc(CCC)cc2)cnc1N1CCNCC1. The fraction of sp³-hybridized carbons (Fsp3) is 0.478. The first-order chi connectivity index (χ1) is 15.4. The van der Waals surface area contributed by atoms with Crippen molar-refractivity contribution >= 4 is 27.4 Å². The second kappa shape index (κ2) is 11.3. The zero-order valence-electron chi connectivity index (χ0n) is 18.9. The summed E-state index contributed by atoms with van der Waals surface area (Å²) in [7, 11) is -3.79. The van der Waals surface area contributed by atoms with Gasteiger partial charge in [0.05, 0.1) is 22.3 Å². The number of aryl methyl sites for hydroxylation is 1. The number of aromatic nitrogens is 1. The summed E-state index contributed by atoms with van der Waals surface area (Å²) < 4.78 is 28.4. The molecule has 0 atom stereocenters. The van der Waals surface area contributed by atoms with E-state index in [0.29, 0.717) is 17.9 Å². The van der Waals surface area contributed by atoms with Crippen molar-refractivity contribution in [1.82, 2.24) is 15.6 Å². The van der Waals surface area contributed by atoms with E-state index in [-0.39, 0.29) is 16.5 Å². The number of hydrogen-bond acceptors (Lipinski definition) is 6. The summed E-state index contributed by atoms with van der Waals surface area (Å²) in [6.45, 7) is 7.79. The second-order valence-corrected chi connectivity index (χ2v) is 9.62. The van der Waals surface area contributed by atoms with E-state index in [9.17, 15) is 13.2 Å². The van der Waals surface area contributed by atoms with Crippen molar-refractivity contribution in [3.05, 3.63) is 47.7 Å². The molecule has 1 aromatic heterocycles. The van der Waals surface area contributed by atoms with Gasteiger partial charge >= 0.3 is 0 Å². The van der Waals surface area contributed by atoms with Crippen LogP contribution in [0.1, 0.15) is 49.0 Å². The summed E-state index contributed by atoms with van der Waals surface area (Å²) in [5.74, 6) is 0.330. The van der Waals surface area contributed by atoms with Crippen LogP contribution >= 0.6 is 0 Å². The van der Waals surface area contributed by atoms with Crippen molar-refractivity contribution < 1.29 is 13.2 Å². The molecule has 0 bridgehead atoms. The maximum Gasteiger partial charge on any atom is 0.261 e. The van der Waals surface area contributed by atoms with Gasteiger partial charge in [-0.3, -0.25) is 9.52 Å². The molecule has 32 heavy (non-hydrogen) atoms. The lowest BCUT2D eigenvalue weighted by Crippen LogP contribution is -2.44. The van der Waals surface area contributed by atoms with Crippen LogP contribution < -0.4 is 20.3 Å². The summed E-state index contributed by atoms with van der Waals surface area (Å²) in [5.41, 5.74) is 1.74. The van der Waals surface area contributed by atoms with E-state index in [1.165, 1.54) is 6.20 Å². The van der Waals surface area contributed by atoms with E-state index in [4.69, 9.17) is 0 Å². The van der Waals surface area contributed by atoms with Crippen molar-refractivity contribution in [2.75, 3.05) is 42.3 Å². The van der Waals surface area contributed by atoms with Crippen molar-refractivity contribution in [1.29, 1.82) is 0 Å². The number of pyridine rings is 1. The number of carbonyl (C=O) groups is 1. The quantitative estimate of drug-likeness (QED) is 0.472. The average Bonchev–Trinajstić information content (AvgIpc) is 2.80. The minimum atomic E-state index is -3.79. The van der Waals surface area contributed by atoms with Crippen molar-refractivity contribution in [2.24, 2.45) is 0 Å². The molecule has 0 aliphatic carbocycles. The monoisotopic (exact) mass is 459 g/mol. The molecule has 2 heterocycles. The summed E-state index contributed by atoms with van der Waals surface area (Å²) in [6, 6.07) is 8.45. The summed E-state index contributed by atoms with van der Waals surface area (Å²) in [5, 5.41) is 6.21. The van der Waals surface area contributed by atoms with E-state index in [1.807, 2.05) is 12.1 Å². The first-order valence-electron chi connectivity index (χ1n) is 11.3. The highest BCUT2D eigenvalue weighted by Crippen LogP contribution is 2.24. The maximum atomic E-state index is 12.9. The number of unbranched alkanes of at least 4 members (excludes halogenated alkanes) is 1. The summed E-state index contributed by atoms with van der Waals surface area (Å²) in [4.78, 5) is 19.6. The first kappa shape index (κ1) is 24.0. The molecule has 1 saturated heterocycles. The summed E-state index contributed by atoms with van der Waals surface area (Å²) in [6.07, 6.45) is 5.23. The molecule has 0 saturated carbocycles. The van der Waals surface area contributed by atoms with Gasteiger partial charge in [0.25, 0.3) is 15.9 Å². The molecule has 1 aromatic carbocycles. The van der Waals surface area contributed by atoms with E-state index < -0.39 is 10.0 Å². The van der Waals surface area contributed by atoms with Crippen LogP contribution in [-0.4, -0.2) is 52.0 Å². The predicted octanol–water partition coefficient (Wildman–Crippen LogP) is 2.77. The van der Waals surface area contributed by atoms with Gasteiger partial charge in [0, 0.05) is 32.7 Å². The van der Waals surface area contributed by atoms with Crippen LogP contribution in [0.3, 0.4) is 0 Å². The van der Waals surface area contributed by atoms with Crippen molar-refractivity contribution in [3.63, 3.8) is 0 Å². The number of piperazine rings is 1. The number of benzene rings is 1. The molecule has 1 amide bonds. The van der Waals surface area contributed by atoms with Crippen molar-refractivity contribution in [2.45, 2.75) is 44.4 Å². The number of nitrogens with one attached hydrogen (secondary N) is 3. The van der Waals surface area contributed by atoms with Gasteiger partial charge in [0.1, 0.15) is 5.82 Å². The smallest absolute Gasteiger partial charge is 0.261 e. The van der Waals surface area contributed by atoms with E-state index in [2.05, 4.69) is 39.1 Å². The number of carbonyl (C=O) groups excluding carboxylic acids is 1. The molecule has 1 aliphatic heterocycles. The highest BCUT2D eigenvalue weighted by molar-refractivity contribution is 7.92. The highest BCUT2D eigenvalue weighted by Gasteiger charge is 2.22.